The molecule has 4 N–H and O–H groups in total. The predicted octanol–water partition coefficient (Wildman–Crippen LogP) is -2.54. The first kappa shape index (κ1) is 24.5. The molecule has 2 rings (SSSR count). The van der Waals surface area contributed by atoms with Crippen LogP contribution in [-0.4, -0.2) is 66.4 Å². The Kier molecular flexibility index (Phi) is 6.44. The van der Waals surface area contributed by atoms with E-state index in [2.05, 4.69) is 19.5 Å². The summed E-state index contributed by atoms with van der Waals surface area (Å²) in [7, 11) is 0. The minimum Gasteiger partial charge on any atom is -0.432 e. The number of ether oxygens (including phenoxy) is 4. The Morgan fingerprint density at radius 3 is 2.28 bits per heavy atom. The Morgan fingerprint density at radius 1 is 1.22 bits per heavy atom. The van der Waals surface area contributed by atoms with Crippen LogP contribution in [0.15, 0.2) is 27.0 Å². The van der Waals surface area contributed by atoms with Gasteiger partial charge in [-0.2, -0.15) is 0 Å². The van der Waals surface area contributed by atoms with Crippen LogP contribution in [0.2, 0.25) is 0 Å². The molecule has 17 nitrogen and oxygen atoms in total. The third-order valence-corrected chi connectivity index (χ3v) is 4.10. The van der Waals surface area contributed by atoms with Gasteiger partial charge in [-0.25, -0.2) is 4.79 Å². The number of nitrogens with zero attached hydrogens (tertiary/aromatic N) is 4. The molecule has 0 radical (unpaired) electrons. The van der Waals surface area contributed by atoms with E-state index in [0.29, 0.717) is 17.7 Å². The van der Waals surface area contributed by atoms with Gasteiger partial charge in [-0.3, -0.25) is 28.7 Å². The molecule has 1 fully saturated rings. The lowest BCUT2D eigenvalue weighted by Crippen LogP contribution is -2.70. The van der Waals surface area contributed by atoms with Gasteiger partial charge in [-0.15, -0.1) is 0 Å². The van der Waals surface area contributed by atoms with Crippen molar-refractivity contribution in [3.05, 3.63) is 43.5 Å². The number of H-pyrrole nitrogens is 1. The molecule has 1 unspecified atom stereocenters. The van der Waals surface area contributed by atoms with Gasteiger partial charge < -0.3 is 34.3 Å². The van der Waals surface area contributed by atoms with Gasteiger partial charge in [0.05, 0.1) is 0 Å². The van der Waals surface area contributed by atoms with Crippen molar-refractivity contribution in [1.29, 1.82) is 0 Å². The quantitative estimate of drug-likeness (QED) is 0.0857. The van der Waals surface area contributed by atoms with Gasteiger partial charge in [0.2, 0.25) is 12.5 Å². The summed E-state index contributed by atoms with van der Waals surface area (Å²) >= 11 is 0. The van der Waals surface area contributed by atoms with Crippen LogP contribution in [0.3, 0.4) is 0 Å². The molecule has 0 spiro atoms. The van der Waals surface area contributed by atoms with Gasteiger partial charge in [0.1, 0.15) is 0 Å². The summed E-state index contributed by atoms with van der Waals surface area (Å²) in [5, 5.41) is 35.9. The molecule has 17 heteroatoms. The molecular weight excluding hydrogens is 442 g/mol. The normalized spacial score (nSPS) is 30.0. The highest BCUT2D eigenvalue weighted by Gasteiger charge is 2.83. The highest BCUT2D eigenvalue weighted by atomic mass is 16.8. The summed E-state index contributed by atoms with van der Waals surface area (Å²) in [5.41, 5.74) is 3.36. The number of aromatic amines is 1. The number of carbonyl (C=O) groups excluding carboxylic acids is 3. The molecule has 0 saturated carbocycles. The number of aliphatic hydroxyl groups excluding tert-OH is 1. The van der Waals surface area contributed by atoms with Crippen molar-refractivity contribution >= 4 is 17.9 Å². The fourth-order valence-corrected chi connectivity index (χ4v) is 2.97. The molecule has 5 atom stereocenters. The average Bonchev–Trinajstić information content (AvgIpc) is 2.80. The van der Waals surface area contributed by atoms with Gasteiger partial charge in [-0.05, 0) is 10.6 Å². The van der Waals surface area contributed by atoms with Crippen molar-refractivity contribution in [2.24, 2.45) is 5.11 Å². The maximum absolute atomic E-state index is 12.3. The highest BCUT2D eigenvalue weighted by molar-refractivity contribution is 5.68. The number of aliphatic hydroxyl groups is 3. The van der Waals surface area contributed by atoms with E-state index in [1.165, 1.54) is 0 Å². The number of hydrogen-bond acceptors (Lipinski definition) is 13. The zero-order valence-corrected chi connectivity index (χ0v) is 16.6. The molecule has 0 aliphatic carbocycles. The summed E-state index contributed by atoms with van der Waals surface area (Å²) in [6.07, 6.45) is -4.54. The predicted molar refractivity (Wildman–Crippen MR) is 94.5 cm³/mol. The van der Waals surface area contributed by atoms with E-state index in [9.17, 15) is 39.3 Å². The van der Waals surface area contributed by atoms with Crippen molar-refractivity contribution in [1.82, 2.24) is 9.55 Å². The van der Waals surface area contributed by atoms with Crippen LogP contribution in [0.25, 0.3) is 10.4 Å². The van der Waals surface area contributed by atoms with Gasteiger partial charge in [0, 0.05) is 37.9 Å². The highest BCUT2D eigenvalue weighted by Crippen LogP contribution is 2.55. The average molecular weight is 459 g/mol. The van der Waals surface area contributed by atoms with Crippen LogP contribution < -0.4 is 11.2 Å². The van der Waals surface area contributed by atoms with Gasteiger partial charge in [0.15, 0.2) is 0 Å². The van der Waals surface area contributed by atoms with Crippen LogP contribution >= 0.6 is 0 Å². The zero-order valence-electron chi connectivity index (χ0n) is 16.6. The molecule has 174 valence electrons. The van der Waals surface area contributed by atoms with E-state index in [1.54, 1.807) is 4.98 Å². The molecule has 32 heavy (non-hydrogen) atoms. The number of rotatable bonds is 6. The number of azide groups is 1. The second-order valence-corrected chi connectivity index (χ2v) is 6.36. The molecular formula is C15H17N5O12. The van der Waals surface area contributed by atoms with Gasteiger partial charge in [0.25, 0.3) is 11.3 Å². The topological polar surface area (TPSA) is 252 Å². The van der Waals surface area contributed by atoms with Crippen LogP contribution in [0.1, 0.15) is 27.0 Å². The molecule has 1 aromatic rings. The molecule has 1 aliphatic rings. The Labute approximate surface area is 176 Å². The standard InChI is InChI=1S/C15H17N5O12/c1-6(21)29-11(25)13(18-19-16)15(28,31-8(3)23)14(27,30-7(2)22)10(32-13)20-5-4-9(24)17-12(20)26/h4-5,10-11,25,27-28H,1-3H3,(H,17,24,26)/t10-,11?,13-,14-,15+/m1/s1. The maximum atomic E-state index is 12.3. The second kappa shape index (κ2) is 8.40. The smallest absolute Gasteiger partial charge is 0.330 e. The zero-order chi connectivity index (χ0) is 24.5. The van der Waals surface area contributed by atoms with Crippen molar-refractivity contribution in [2.75, 3.05) is 0 Å². The Morgan fingerprint density at radius 2 is 1.81 bits per heavy atom. The summed E-state index contributed by atoms with van der Waals surface area (Å²) in [5.74, 6) is -11.4. The summed E-state index contributed by atoms with van der Waals surface area (Å²) in [6.45, 7) is 2.22. The molecule has 0 aromatic carbocycles. The number of nitrogens with one attached hydrogen (secondary N) is 1. The fourth-order valence-electron chi connectivity index (χ4n) is 2.97. The lowest BCUT2D eigenvalue weighted by molar-refractivity contribution is -0.384. The number of aromatic nitrogens is 2. The summed E-state index contributed by atoms with van der Waals surface area (Å²) in [6, 6.07) is 0.750. The lowest BCUT2D eigenvalue weighted by Gasteiger charge is -2.41. The van der Waals surface area contributed by atoms with Crippen molar-refractivity contribution in [3.63, 3.8) is 0 Å². The van der Waals surface area contributed by atoms with Crippen LogP contribution in [0, 0.1) is 0 Å². The van der Waals surface area contributed by atoms with Gasteiger partial charge in [-0.1, -0.05) is 0 Å². The molecule has 1 aromatic heterocycles. The third-order valence-electron chi connectivity index (χ3n) is 4.10. The van der Waals surface area contributed by atoms with E-state index < -0.39 is 59.0 Å². The lowest BCUT2D eigenvalue weighted by atomic mass is 9.95. The first-order valence-electron chi connectivity index (χ1n) is 8.49. The molecule has 1 saturated heterocycles. The van der Waals surface area contributed by atoms with Crippen molar-refractivity contribution in [3.8, 4) is 0 Å². The van der Waals surface area contributed by atoms with Gasteiger partial charge >= 0.3 is 35.2 Å². The minimum absolute atomic E-state index is 0.341. The first-order chi connectivity index (χ1) is 14.7. The first-order valence-corrected chi connectivity index (χ1v) is 8.49. The van der Waals surface area contributed by atoms with E-state index >= 15 is 0 Å². The van der Waals surface area contributed by atoms with E-state index in [-0.39, 0.29) is 0 Å². The SMILES string of the molecule is CC(=O)OC(O)[C@@]1(N=[N+]=[N-])O[C@@H](n2ccc(=O)[nH]c2=O)[C@@](O)(OC(C)=O)[C@@]1(O)OC(C)=O. The Bertz CT molecular complexity index is 1110. The van der Waals surface area contributed by atoms with E-state index in [1.807, 2.05) is 0 Å². The number of esters is 3. The molecule has 0 bridgehead atoms. The largest absolute Gasteiger partial charge is 0.432 e. The number of hydrogen-bond donors (Lipinski definition) is 4. The van der Waals surface area contributed by atoms with Crippen LogP contribution in [-0.2, 0) is 33.3 Å². The third kappa shape index (κ3) is 3.81. The molecule has 2 heterocycles. The monoisotopic (exact) mass is 459 g/mol. The fraction of sp³-hybridized carbons (Fsp3) is 0.533. The van der Waals surface area contributed by atoms with Crippen molar-refractivity contribution < 1.29 is 48.7 Å². The number of carbonyl (C=O) groups is 3. The second-order valence-electron chi connectivity index (χ2n) is 6.36. The van der Waals surface area contributed by atoms with E-state index in [4.69, 9.17) is 15.0 Å². The van der Waals surface area contributed by atoms with Crippen LogP contribution in [0.5, 0.6) is 0 Å². The Hall–Kier alpha value is -3.76. The summed E-state index contributed by atoms with van der Waals surface area (Å²) < 4.78 is 19.4. The Balaban J connectivity index is 2.95. The van der Waals surface area contributed by atoms with Crippen molar-refractivity contribution in [2.45, 2.75) is 50.6 Å². The molecule has 0 amide bonds. The maximum Gasteiger partial charge on any atom is 0.330 e. The molecule has 1 aliphatic heterocycles. The van der Waals surface area contributed by atoms with E-state index in [0.717, 1.165) is 19.9 Å². The minimum atomic E-state index is -3.82. The van der Waals surface area contributed by atoms with Crippen LogP contribution in [0.4, 0.5) is 0 Å². The summed E-state index contributed by atoms with van der Waals surface area (Å²) in [4.78, 5) is 62.6.